The van der Waals surface area contributed by atoms with Crippen molar-refractivity contribution >= 4 is 29.2 Å². The Morgan fingerprint density at radius 1 is 1.21 bits per heavy atom. The highest BCUT2D eigenvalue weighted by molar-refractivity contribution is 5.72. The summed E-state index contributed by atoms with van der Waals surface area (Å²) in [5.41, 5.74) is 7.35. The molecule has 4 N–H and O–H groups in total. The summed E-state index contributed by atoms with van der Waals surface area (Å²) >= 11 is 0. The number of aliphatic carboxylic acids is 1. The first-order chi connectivity index (χ1) is 18.3. The number of carboxylic acid groups (broad SMARTS) is 1. The number of anilines is 3. The Morgan fingerprint density at radius 2 is 2.00 bits per heavy atom. The number of aromatic nitrogens is 4. The van der Waals surface area contributed by atoms with Gasteiger partial charge in [0, 0.05) is 57.5 Å². The summed E-state index contributed by atoms with van der Waals surface area (Å²) in [6, 6.07) is 7.26. The van der Waals surface area contributed by atoms with Gasteiger partial charge in [0.15, 0.2) is 29.1 Å². The molecule has 0 bridgehead atoms. The zero-order chi connectivity index (χ0) is 26.8. The molecule has 0 saturated carbocycles. The zero-order valence-corrected chi connectivity index (χ0v) is 20.5. The summed E-state index contributed by atoms with van der Waals surface area (Å²) < 4.78 is 40.6. The van der Waals surface area contributed by atoms with Crippen molar-refractivity contribution in [2.24, 2.45) is 0 Å². The van der Waals surface area contributed by atoms with E-state index >= 15 is 0 Å². The van der Waals surface area contributed by atoms with E-state index < -0.39 is 23.7 Å². The van der Waals surface area contributed by atoms with Gasteiger partial charge in [0.2, 0.25) is 11.9 Å². The summed E-state index contributed by atoms with van der Waals surface area (Å²) in [4.78, 5) is 23.7. The lowest BCUT2D eigenvalue weighted by molar-refractivity contribution is -0.144. The maximum Gasteiger partial charge on any atom is 0.344 e. The van der Waals surface area contributed by atoms with Crippen LogP contribution in [0.4, 0.5) is 26.4 Å². The molecule has 1 aliphatic heterocycles. The molecule has 200 valence electrons. The highest BCUT2D eigenvalue weighted by Crippen LogP contribution is 2.30. The van der Waals surface area contributed by atoms with E-state index in [1.165, 1.54) is 17.5 Å². The maximum atomic E-state index is 14.5. The predicted octanol–water partition coefficient (Wildman–Crippen LogP) is 2.33. The number of nitrogens with zero attached hydrogens (tertiary/aromatic N) is 6. The first-order valence-electron chi connectivity index (χ1n) is 12.0. The van der Waals surface area contributed by atoms with Crippen LogP contribution < -0.4 is 20.7 Å². The van der Waals surface area contributed by atoms with Crippen molar-refractivity contribution < 1.29 is 27.8 Å². The Bertz CT molecular complexity index is 1440. The average Bonchev–Trinajstić information content (AvgIpc) is 3.57. The lowest BCUT2D eigenvalue weighted by Crippen LogP contribution is -2.48. The molecule has 4 aromatic rings. The summed E-state index contributed by atoms with van der Waals surface area (Å²) in [6.07, 6.45) is 0.297. The van der Waals surface area contributed by atoms with Crippen LogP contribution in [0.2, 0.25) is 0 Å². The zero-order valence-electron chi connectivity index (χ0n) is 20.5. The van der Waals surface area contributed by atoms with Crippen molar-refractivity contribution in [2.75, 3.05) is 55.2 Å². The molecule has 12 nitrogen and oxygen atoms in total. The maximum absolute atomic E-state index is 14.5. The van der Waals surface area contributed by atoms with Gasteiger partial charge in [-0.1, -0.05) is 0 Å². The standard InChI is InChI=1S/C24H26F2N8O4/c1-14(22(35)36)38-20-13-18(15(25)11-16(20)26)33-8-6-32(7-9-33)5-4-28-24-29-21-12-17(19-3-2-10-37-19)31-34(21)23(27)30-24/h2-3,10-14H,4-9H2,1H3,(H,35,36)(H3,27,28,29,30)/t14-/m0/s1. The van der Waals surface area contributed by atoms with E-state index in [1.807, 2.05) is 0 Å². The number of nitrogen functional groups attached to an aromatic ring is 1. The highest BCUT2D eigenvalue weighted by atomic mass is 19.1. The monoisotopic (exact) mass is 528 g/mol. The number of benzene rings is 1. The van der Waals surface area contributed by atoms with Crippen molar-refractivity contribution in [3.05, 3.63) is 48.2 Å². The van der Waals surface area contributed by atoms with Gasteiger partial charge >= 0.3 is 5.97 Å². The SMILES string of the molecule is C[C@H](Oc1cc(N2CCN(CCNc3nc(N)n4nc(-c5ccco5)cc4n3)CC2)c(F)cc1F)C(=O)O. The minimum absolute atomic E-state index is 0.170. The normalized spacial score (nSPS) is 15.1. The average molecular weight is 529 g/mol. The van der Waals surface area contributed by atoms with Crippen LogP contribution in [0.3, 0.4) is 0 Å². The second-order valence-corrected chi connectivity index (χ2v) is 8.77. The summed E-state index contributed by atoms with van der Waals surface area (Å²) in [7, 11) is 0. The van der Waals surface area contributed by atoms with Crippen LogP contribution in [-0.2, 0) is 4.79 Å². The van der Waals surface area contributed by atoms with Crippen molar-refractivity contribution in [2.45, 2.75) is 13.0 Å². The van der Waals surface area contributed by atoms with E-state index in [0.29, 0.717) is 62.3 Å². The van der Waals surface area contributed by atoms with Crippen molar-refractivity contribution in [1.29, 1.82) is 0 Å². The van der Waals surface area contributed by atoms with Crippen LogP contribution in [0.25, 0.3) is 17.1 Å². The molecule has 3 aromatic heterocycles. The Labute approximate surface area is 215 Å². The molecule has 38 heavy (non-hydrogen) atoms. The largest absolute Gasteiger partial charge is 0.479 e. The van der Waals surface area contributed by atoms with Gasteiger partial charge in [0.1, 0.15) is 11.5 Å². The number of hydrogen-bond acceptors (Lipinski definition) is 10. The van der Waals surface area contributed by atoms with Gasteiger partial charge < -0.3 is 30.2 Å². The molecule has 1 aliphatic rings. The van der Waals surface area contributed by atoms with Crippen LogP contribution in [0.5, 0.6) is 5.75 Å². The van der Waals surface area contributed by atoms with Gasteiger partial charge in [-0.25, -0.2) is 13.6 Å². The molecule has 1 aromatic carbocycles. The molecule has 0 spiro atoms. The van der Waals surface area contributed by atoms with Gasteiger partial charge in [-0.3, -0.25) is 4.90 Å². The van der Waals surface area contributed by atoms with E-state index in [0.717, 1.165) is 6.07 Å². The number of rotatable bonds is 9. The number of halogens is 2. The smallest absolute Gasteiger partial charge is 0.344 e. The fourth-order valence-electron chi connectivity index (χ4n) is 4.16. The van der Waals surface area contributed by atoms with Crippen LogP contribution in [0.15, 0.2) is 41.0 Å². The Kier molecular flexibility index (Phi) is 6.96. The molecular formula is C24H26F2N8O4. The third kappa shape index (κ3) is 5.29. The quantitative estimate of drug-likeness (QED) is 0.294. The Hall–Kier alpha value is -4.46. The third-order valence-electron chi connectivity index (χ3n) is 6.20. The lowest BCUT2D eigenvalue weighted by atomic mass is 10.2. The minimum atomic E-state index is -1.26. The summed E-state index contributed by atoms with van der Waals surface area (Å²) in [5, 5.41) is 16.6. The van der Waals surface area contributed by atoms with E-state index in [2.05, 4.69) is 25.3 Å². The van der Waals surface area contributed by atoms with E-state index in [4.69, 9.17) is 20.0 Å². The van der Waals surface area contributed by atoms with Gasteiger partial charge in [0.25, 0.3) is 0 Å². The molecule has 14 heteroatoms. The third-order valence-corrected chi connectivity index (χ3v) is 6.20. The Balaban J connectivity index is 1.16. The first kappa shape index (κ1) is 25.2. The number of hydrogen-bond donors (Lipinski definition) is 3. The predicted molar refractivity (Wildman–Crippen MR) is 134 cm³/mol. The van der Waals surface area contributed by atoms with E-state index in [-0.39, 0.29) is 17.4 Å². The van der Waals surface area contributed by atoms with Crippen molar-refractivity contribution in [3.63, 3.8) is 0 Å². The van der Waals surface area contributed by atoms with E-state index in [9.17, 15) is 13.6 Å². The number of fused-ring (bicyclic) bond motifs is 1. The molecule has 0 unspecified atom stereocenters. The fraction of sp³-hybridized carbons (Fsp3) is 0.333. The molecule has 1 atom stereocenters. The van der Waals surface area contributed by atoms with Gasteiger partial charge in [-0.2, -0.15) is 19.6 Å². The highest BCUT2D eigenvalue weighted by Gasteiger charge is 2.23. The number of ether oxygens (including phenoxy) is 1. The van der Waals surface area contributed by atoms with E-state index in [1.54, 1.807) is 29.4 Å². The lowest BCUT2D eigenvalue weighted by Gasteiger charge is -2.36. The molecule has 1 saturated heterocycles. The van der Waals surface area contributed by atoms with Crippen LogP contribution in [0, 0.1) is 11.6 Å². The van der Waals surface area contributed by atoms with Gasteiger partial charge in [-0.05, 0) is 19.1 Å². The summed E-state index contributed by atoms with van der Waals surface area (Å²) in [6.45, 7) is 4.77. The van der Waals surface area contributed by atoms with Crippen LogP contribution >= 0.6 is 0 Å². The van der Waals surface area contributed by atoms with Crippen LogP contribution in [0.1, 0.15) is 6.92 Å². The number of piperazine rings is 1. The molecule has 4 heterocycles. The number of carboxylic acids is 1. The van der Waals surface area contributed by atoms with Crippen molar-refractivity contribution in [3.8, 4) is 17.2 Å². The first-order valence-corrected chi connectivity index (χ1v) is 12.0. The Morgan fingerprint density at radius 3 is 2.71 bits per heavy atom. The summed E-state index contributed by atoms with van der Waals surface area (Å²) in [5.74, 6) is -2.06. The van der Waals surface area contributed by atoms with Crippen molar-refractivity contribution in [1.82, 2.24) is 24.5 Å². The second-order valence-electron chi connectivity index (χ2n) is 8.77. The molecular weight excluding hydrogens is 502 g/mol. The number of nitrogens with two attached hydrogens (primary N) is 1. The molecule has 0 amide bonds. The number of furan rings is 1. The molecule has 0 aliphatic carbocycles. The number of nitrogens with one attached hydrogen (secondary N) is 1. The minimum Gasteiger partial charge on any atom is -0.479 e. The molecule has 5 rings (SSSR count). The number of carbonyl (C=O) groups is 1. The fourth-order valence-corrected chi connectivity index (χ4v) is 4.16. The van der Waals surface area contributed by atoms with Crippen LogP contribution in [-0.4, -0.2) is 80.9 Å². The molecule has 0 radical (unpaired) electrons. The second kappa shape index (κ2) is 10.5. The molecule has 1 fully saturated rings. The van der Waals surface area contributed by atoms with Gasteiger partial charge in [-0.15, -0.1) is 0 Å². The van der Waals surface area contributed by atoms with Gasteiger partial charge in [0.05, 0.1) is 12.0 Å². The topological polar surface area (TPSA) is 147 Å².